The highest BCUT2D eigenvalue weighted by Crippen LogP contribution is 2.31. The summed E-state index contributed by atoms with van der Waals surface area (Å²) in [4.78, 5) is 14.4. The Balaban J connectivity index is 1.65. The van der Waals surface area contributed by atoms with Crippen LogP contribution in [0.5, 0.6) is 5.75 Å². The zero-order valence-electron chi connectivity index (χ0n) is 13.1. The lowest BCUT2D eigenvalue weighted by atomic mass is 10.2. The number of carbonyl (C=O) groups excluding carboxylic acids is 1. The molecule has 120 valence electrons. The molecule has 0 spiro atoms. The van der Waals surface area contributed by atoms with Gasteiger partial charge in [0.2, 0.25) is 0 Å². The number of ether oxygens (including phenoxy) is 1. The van der Waals surface area contributed by atoms with E-state index in [-0.39, 0.29) is 17.7 Å². The van der Waals surface area contributed by atoms with Gasteiger partial charge in [-0.2, -0.15) is 0 Å². The van der Waals surface area contributed by atoms with Crippen LogP contribution in [-0.4, -0.2) is 29.8 Å². The fourth-order valence-electron chi connectivity index (χ4n) is 2.90. The van der Waals surface area contributed by atoms with Gasteiger partial charge in [0, 0.05) is 12.2 Å². The smallest absolute Gasteiger partial charge is 0.315 e. The van der Waals surface area contributed by atoms with Gasteiger partial charge in [-0.15, -0.1) is 10.2 Å². The Morgan fingerprint density at radius 3 is 2.79 bits per heavy atom. The number of hydrogen-bond acceptors (Lipinski definition) is 5. The summed E-state index contributed by atoms with van der Waals surface area (Å²) in [6, 6.07) is 15.2. The minimum atomic E-state index is -0.284. The fourth-order valence-corrected chi connectivity index (χ4v) is 2.90. The van der Waals surface area contributed by atoms with E-state index in [9.17, 15) is 4.79 Å². The van der Waals surface area contributed by atoms with Crippen molar-refractivity contribution in [3.63, 3.8) is 0 Å². The fraction of sp³-hybridized carbons (Fsp3) is 0.167. The number of methoxy groups -OCH3 is 1. The molecule has 1 aliphatic rings. The molecule has 6 heteroatoms. The van der Waals surface area contributed by atoms with Crippen molar-refractivity contribution in [2.24, 2.45) is 0 Å². The third kappa shape index (κ3) is 2.32. The highest BCUT2D eigenvalue weighted by molar-refractivity contribution is 6.04. The molecule has 3 aromatic rings. The van der Waals surface area contributed by atoms with Crippen molar-refractivity contribution in [3.05, 3.63) is 60.0 Å². The molecule has 4 rings (SSSR count). The van der Waals surface area contributed by atoms with E-state index in [0.717, 1.165) is 17.7 Å². The molecule has 24 heavy (non-hydrogen) atoms. The molecule has 0 atom stereocenters. The third-order valence-corrected chi connectivity index (χ3v) is 4.08. The summed E-state index contributed by atoms with van der Waals surface area (Å²) in [6.07, 6.45) is 0.829. The highest BCUT2D eigenvalue weighted by Gasteiger charge is 2.29. The molecule has 0 fully saturated rings. The number of rotatable bonds is 3. The first-order valence-corrected chi connectivity index (χ1v) is 7.64. The van der Waals surface area contributed by atoms with Gasteiger partial charge in [0.05, 0.1) is 12.7 Å². The zero-order valence-corrected chi connectivity index (χ0v) is 13.1. The average molecular weight is 321 g/mol. The number of benzene rings is 2. The van der Waals surface area contributed by atoms with Crippen LogP contribution in [0, 0.1) is 0 Å². The van der Waals surface area contributed by atoms with Crippen LogP contribution in [0.1, 0.15) is 16.2 Å². The van der Waals surface area contributed by atoms with Gasteiger partial charge in [-0.25, -0.2) is 0 Å². The first-order chi connectivity index (χ1) is 11.8. The lowest BCUT2D eigenvalue weighted by Crippen LogP contribution is -2.29. The average Bonchev–Trinajstić information content (AvgIpc) is 3.28. The number of anilines is 1. The summed E-state index contributed by atoms with van der Waals surface area (Å²) in [5.74, 6) is 0.580. The summed E-state index contributed by atoms with van der Waals surface area (Å²) >= 11 is 0. The quantitative estimate of drug-likeness (QED) is 0.742. The van der Waals surface area contributed by atoms with Crippen LogP contribution in [0.2, 0.25) is 0 Å². The molecule has 1 aliphatic heterocycles. The first kappa shape index (κ1) is 14.4. The number of hydrogen-bond donors (Lipinski definition) is 0. The van der Waals surface area contributed by atoms with E-state index in [2.05, 4.69) is 10.2 Å². The van der Waals surface area contributed by atoms with Crippen LogP contribution < -0.4 is 9.64 Å². The van der Waals surface area contributed by atoms with Gasteiger partial charge in [0.1, 0.15) is 5.75 Å². The second-order valence-corrected chi connectivity index (χ2v) is 5.45. The Bertz CT molecular complexity index is 904. The van der Waals surface area contributed by atoms with Gasteiger partial charge in [-0.1, -0.05) is 30.3 Å². The van der Waals surface area contributed by atoms with E-state index in [0.29, 0.717) is 17.9 Å². The Labute approximate surface area is 138 Å². The molecule has 0 saturated carbocycles. The Hall–Kier alpha value is -3.15. The maximum atomic E-state index is 12.7. The number of aromatic nitrogens is 2. The van der Waals surface area contributed by atoms with E-state index in [1.807, 2.05) is 42.5 Å². The molecular weight excluding hydrogens is 306 g/mol. The van der Waals surface area contributed by atoms with Gasteiger partial charge in [0.15, 0.2) is 0 Å². The maximum absolute atomic E-state index is 12.7. The Kier molecular flexibility index (Phi) is 3.49. The van der Waals surface area contributed by atoms with Gasteiger partial charge >= 0.3 is 11.8 Å². The van der Waals surface area contributed by atoms with E-state index in [1.54, 1.807) is 18.1 Å². The monoisotopic (exact) mass is 321 g/mol. The van der Waals surface area contributed by atoms with E-state index in [1.165, 1.54) is 0 Å². The number of amides is 1. The van der Waals surface area contributed by atoms with E-state index < -0.39 is 0 Å². The van der Waals surface area contributed by atoms with Gasteiger partial charge < -0.3 is 14.1 Å². The summed E-state index contributed by atoms with van der Waals surface area (Å²) in [7, 11) is 1.57. The minimum absolute atomic E-state index is 0.0207. The van der Waals surface area contributed by atoms with Crippen LogP contribution in [0.25, 0.3) is 11.5 Å². The molecule has 0 aliphatic carbocycles. The summed E-state index contributed by atoms with van der Waals surface area (Å²) in [5, 5.41) is 7.92. The van der Waals surface area contributed by atoms with Crippen molar-refractivity contribution < 1.29 is 13.9 Å². The zero-order chi connectivity index (χ0) is 16.5. The second kappa shape index (κ2) is 5.81. The molecule has 0 bridgehead atoms. The van der Waals surface area contributed by atoms with Crippen LogP contribution >= 0.6 is 0 Å². The number of para-hydroxylation sites is 2. The molecule has 1 aromatic heterocycles. The predicted octanol–water partition coefficient (Wildman–Crippen LogP) is 2.95. The molecular formula is C18H15N3O3. The predicted molar refractivity (Wildman–Crippen MR) is 88.1 cm³/mol. The Morgan fingerprint density at radius 2 is 1.92 bits per heavy atom. The number of fused-ring (bicyclic) bond motifs is 1. The lowest BCUT2D eigenvalue weighted by Gasteiger charge is -2.14. The molecule has 6 nitrogen and oxygen atoms in total. The highest BCUT2D eigenvalue weighted by atomic mass is 16.5. The molecule has 2 aromatic carbocycles. The summed E-state index contributed by atoms with van der Waals surface area (Å²) < 4.78 is 10.9. The molecule has 0 N–H and O–H groups in total. The largest absolute Gasteiger partial charge is 0.496 e. The van der Waals surface area contributed by atoms with Crippen molar-refractivity contribution in [3.8, 4) is 17.2 Å². The summed E-state index contributed by atoms with van der Waals surface area (Å²) in [6.45, 7) is 0.616. The standard InChI is InChI=1S/C18H15N3O3/c1-23-15-9-5-3-7-13(15)16-19-20-17(24-16)18(22)21-11-10-12-6-2-4-8-14(12)21/h2-9H,10-11H2,1H3. The van der Waals surface area contributed by atoms with Gasteiger partial charge in [0.25, 0.3) is 5.89 Å². The van der Waals surface area contributed by atoms with Crippen molar-refractivity contribution in [2.75, 3.05) is 18.6 Å². The Morgan fingerprint density at radius 1 is 1.12 bits per heavy atom. The molecule has 1 amide bonds. The lowest BCUT2D eigenvalue weighted by molar-refractivity contribution is 0.0956. The molecule has 0 radical (unpaired) electrons. The van der Waals surface area contributed by atoms with Crippen LogP contribution in [0.4, 0.5) is 5.69 Å². The molecule has 0 unspecified atom stereocenters. The number of carbonyl (C=O) groups is 1. The topological polar surface area (TPSA) is 68.5 Å². The maximum Gasteiger partial charge on any atom is 0.315 e. The van der Waals surface area contributed by atoms with Crippen molar-refractivity contribution in [1.82, 2.24) is 10.2 Å². The third-order valence-electron chi connectivity index (χ3n) is 4.08. The number of nitrogens with zero attached hydrogens (tertiary/aromatic N) is 3. The van der Waals surface area contributed by atoms with Gasteiger partial charge in [-0.05, 0) is 30.2 Å². The first-order valence-electron chi connectivity index (χ1n) is 7.64. The van der Waals surface area contributed by atoms with Crippen molar-refractivity contribution in [2.45, 2.75) is 6.42 Å². The second-order valence-electron chi connectivity index (χ2n) is 5.45. The van der Waals surface area contributed by atoms with Crippen LogP contribution in [0.3, 0.4) is 0 Å². The molecule has 2 heterocycles. The minimum Gasteiger partial charge on any atom is -0.496 e. The summed E-state index contributed by atoms with van der Waals surface area (Å²) in [5.41, 5.74) is 2.71. The van der Waals surface area contributed by atoms with Gasteiger partial charge in [-0.3, -0.25) is 4.79 Å². The van der Waals surface area contributed by atoms with Crippen molar-refractivity contribution in [1.29, 1.82) is 0 Å². The SMILES string of the molecule is COc1ccccc1-c1nnc(C(=O)N2CCc3ccccc32)o1. The van der Waals surface area contributed by atoms with Crippen LogP contribution in [-0.2, 0) is 6.42 Å². The molecule has 0 saturated heterocycles. The van der Waals surface area contributed by atoms with Crippen LogP contribution in [0.15, 0.2) is 52.9 Å². The van der Waals surface area contributed by atoms with E-state index >= 15 is 0 Å². The van der Waals surface area contributed by atoms with E-state index in [4.69, 9.17) is 9.15 Å². The van der Waals surface area contributed by atoms with Crippen molar-refractivity contribution >= 4 is 11.6 Å². The normalized spacial score (nSPS) is 13.0.